The minimum Gasteiger partial charge on any atom is -0.370 e. The van der Waals surface area contributed by atoms with Gasteiger partial charge in [-0.05, 0) is 30.1 Å². The highest BCUT2D eigenvalue weighted by molar-refractivity contribution is 5.78. The monoisotopic (exact) mass is 225 g/mol. The van der Waals surface area contributed by atoms with Crippen molar-refractivity contribution in [1.29, 1.82) is 0 Å². The van der Waals surface area contributed by atoms with Crippen molar-refractivity contribution in [2.24, 2.45) is 28.0 Å². The summed E-state index contributed by atoms with van der Waals surface area (Å²) in [5, 5.41) is 3.36. The van der Waals surface area contributed by atoms with Gasteiger partial charge >= 0.3 is 0 Å². The lowest BCUT2D eigenvalue weighted by atomic mass is 9.89. The first kappa shape index (κ1) is 13.3. The van der Waals surface area contributed by atoms with Crippen LogP contribution in [0.1, 0.15) is 47.5 Å². The van der Waals surface area contributed by atoms with Crippen molar-refractivity contribution in [2.75, 3.05) is 6.54 Å². The molecule has 0 amide bonds. The van der Waals surface area contributed by atoms with Crippen LogP contribution in [-0.2, 0) is 0 Å². The number of hydrogen-bond donors (Lipinski definition) is 2. The number of hydrogen-bond acceptors (Lipinski definition) is 1. The standard InChI is InChI=1S/C13H27N3/c1-6-13(10(4)5)7-11(13)16-12(14)15-8-9(2)3/h9-11H,6-8H2,1-5H3,(H3,14,15,16). The number of rotatable bonds is 5. The zero-order valence-electron chi connectivity index (χ0n) is 11.4. The second-order valence-corrected chi connectivity index (χ2v) is 5.76. The van der Waals surface area contributed by atoms with Crippen molar-refractivity contribution >= 4 is 5.96 Å². The number of nitrogens with zero attached hydrogens (tertiary/aromatic N) is 1. The van der Waals surface area contributed by atoms with E-state index in [9.17, 15) is 0 Å². The SMILES string of the molecule is CCC1(C(C)C)CC1NC(N)=NCC(C)C. The lowest BCUT2D eigenvalue weighted by Crippen LogP contribution is -2.37. The first-order valence-electron chi connectivity index (χ1n) is 6.48. The van der Waals surface area contributed by atoms with E-state index in [1.54, 1.807) is 0 Å². The molecule has 1 aliphatic rings. The van der Waals surface area contributed by atoms with E-state index in [1.165, 1.54) is 12.8 Å². The van der Waals surface area contributed by atoms with Gasteiger partial charge in [-0.2, -0.15) is 0 Å². The topological polar surface area (TPSA) is 50.4 Å². The number of guanidine groups is 1. The third kappa shape index (κ3) is 2.89. The molecule has 0 aliphatic heterocycles. The summed E-state index contributed by atoms with van der Waals surface area (Å²) < 4.78 is 0. The van der Waals surface area contributed by atoms with E-state index in [2.05, 4.69) is 44.9 Å². The molecule has 94 valence electrons. The maximum absolute atomic E-state index is 5.88. The third-order valence-corrected chi connectivity index (χ3v) is 3.87. The number of nitrogens with one attached hydrogen (secondary N) is 1. The zero-order chi connectivity index (χ0) is 12.3. The fraction of sp³-hybridized carbons (Fsp3) is 0.923. The molecule has 0 saturated heterocycles. The maximum Gasteiger partial charge on any atom is 0.188 e. The smallest absolute Gasteiger partial charge is 0.188 e. The van der Waals surface area contributed by atoms with Crippen LogP contribution in [0.5, 0.6) is 0 Å². The second kappa shape index (κ2) is 5.07. The molecule has 3 N–H and O–H groups in total. The van der Waals surface area contributed by atoms with Crippen LogP contribution < -0.4 is 11.1 Å². The van der Waals surface area contributed by atoms with Gasteiger partial charge in [-0.25, -0.2) is 0 Å². The Hall–Kier alpha value is -0.730. The molecule has 0 aromatic heterocycles. The Bertz CT molecular complexity index is 258. The van der Waals surface area contributed by atoms with Gasteiger partial charge in [0.2, 0.25) is 0 Å². The molecule has 1 saturated carbocycles. The summed E-state index contributed by atoms with van der Waals surface area (Å²) in [6.07, 6.45) is 2.46. The lowest BCUT2D eigenvalue weighted by Gasteiger charge is -2.20. The molecule has 2 unspecified atom stereocenters. The van der Waals surface area contributed by atoms with Crippen LogP contribution in [0.15, 0.2) is 4.99 Å². The van der Waals surface area contributed by atoms with Gasteiger partial charge in [-0.3, -0.25) is 4.99 Å². The van der Waals surface area contributed by atoms with Gasteiger partial charge in [-0.1, -0.05) is 34.6 Å². The molecule has 1 fully saturated rings. The van der Waals surface area contributed by atoms with Crippen LogP contribution in [0, 0.1) is 17.3 Å². The highest BCUT2D eigenvalue weighted by Gasteiger charge is 2.54. The summed E-state index contributed by atoms with van der Waals surface area (Å²) in [5.41, 5.74) is 6.33. The van der Waals surface area contributed by atoms with Crippen LogP contribution >= 0.6 is 0 Å². The third-order valence-electron chi connectivity index (χ3n) is 3.87. The van der Waals surface area contributed by atoms with E-state index in [0.717, 1.165) is 6.54 Å². The molecule has 0 heterocycles. The van der Waals surface area contributed by atoms with Gasteiger partial charge in [0.05, 0.1) is 0 Å². The average molecular weight is 225 g/mol. The summed E-state index contributed by atoms with van der Waals surface area (Å²) >= 11 is 0. The quantitative estimate of drug-likeness (QED) is 0.557. The van der Waals surface area contributed by atoms with Crippen molar-refractivity contribution in [1.82, 2.24) is 5.32 Å². The van der Waals surface area contributed by atoms with E-state index in [-0.39, 0.29) is 0 Å². The van der Waals surface area contributed by atoms with E-state index < -0.39 is 0 Å². The molecule has 0 spiro atoms. The van der Waals surface area contributed by atoms with Crippen molar-refractivity contribution < 1.29 is 0 Å². The van der Waals surface area contributed by atoms with Crippen molar-refractivity contribution in [3.63, 3.8) is 0 Å². The molecule has 0 aromatic carbocycles. The summed E-state index contributed by atoms with van der Waals surface area (Å²) in [7, 11) is 0. The minimum absolute atomic E-state index is 0.456. The Kier molecular flexibility index (Phi) is 4.22. The van der Waals surface area contributed by atoms with Gasteiger partial charge in [0, 0.05) is 12.6 Å². The van der Waals surface area contributed by atoms with Crippen molar-refractivity contribution in [3.8, 4) is 0 Å². The summed E-state index contributed by atoms with van der Waals surface area (Å²) in [4.78, 5) is 4.35. The number of aliphatic imine (C=N–C) groups is 1. The molecule has 0 bridgehead atoms. The van der Waals surface area contributed by atoms with Gasteiger partial charge in [0.1, 0.15) is 0 Å². The predicted octanol–water partition coefficient (Wildman–Crippen LogP) is 2.37. The van der Waals surface area contributed by atoms with Gasteiger partial charge < -0.3 is 11.1 Å². The first-order valence-corrected chi connectivity index (χ1v) is 6.48. The number of nitrogens with two attached hydrogens (primary N) is 1. The largest absolute Gasteiger partial charge is 0.370 e. The van der Waals surface area contributed by atoms with Crippen LogP contribution in [0.25, 0.3) is 0 Å². The molecule has 2 atom stereocenters. The Balaban J connectivity index is 2.43. The molecular weight excluding hydrogens is 198 g/mol. The summed E-state index contributed by atoms with van der Waals surface area (Å²) in [6.45, 7) is 12.0. The Morgan fingerprint density at radius 3 is 2.44 bits per heavy atom. The van der Waals surface area contributed by atoms with Crippen molar-refractivity contribution in [3.05, 3.63) is 0 Å². The van der Waals surface area contributed by atoms with E-state index in [1.807, 2.05) is 0 Å². The minimum atomic E-state index is 0.456. The summed E-state index contributed by atoms with van der Waals surface area (Å²) in [6, 6.07) is 0.536. The first-order chi connectivity index (χ1) is 7.42. The fourth-order valence-corrected chi connectivity index (χ4v) is 2.46. The van der Waals surface area contributed by atoms with Crippen LogP contribution in [0.2, 0.25) is 0 Å². The molecule has 3 nitrogen and oxygen atoms in total. The molecular formula is C13H27N3. The van der Waals surface area contributed by atoms with Crippen LogP contribution in [0.3, 0.4) is 0 Å². The molecule has 0 radical (unpaired) electrons. The highest BCUT2D eigenvalue weighted by atomic mass is 15.1. The average Bonchev–Trinajstić information content (AvgIpc) is 2.90. The Morgan fingerprint density at radius 2 is 2.06 bits per heavy atom. The molecule has 1 aliphatic carbocycles. The molecule has 16 heavy (non-hydrogen) atoms. The predicted molar refractivity (Wildman–Crippen MR) is 70.4 cm³/mol. The highest BCUT2D eigenvalue weighted by Crippen LogP contribution is 2.54. The van der Waals surface area contributed by atoms with Crippen LogP contribution in [-0.4, -0.2) is 18.5 Å². The second-order valence-electron chi connectivity index (χ2n) is 5.76. The van der Waals surface area contributed by atoms with Gasteiger partial charge in [0.25, 0.3) is 0 Å². The Morgan fingerprint density at radius 1 is 1.44 bits per heavy atom. The molecule has 1 rings (SSSR count). The van der Waals surface area contributed by atoms with E-state index >= 15 is 0 Å². The maximum atomic E-state index is 5.88. The molecule has 0 aromatic rings. The van der Waals surface area contributed by atoms with E-state index in [4.69, 9.17) is 5.73 Å². The fourth-order valence-electron chi connectivity index (χ4n) is 2.46. The van der Waals surface area contributed by atoms with Gasteiger partial charge in [0.15, 0.2) is 5.96 Å². The van der Waals surface area contributed by atoms with Crippen molar-refractivity contribution in [2.45, 2.75) is 53.5 Å². The normalized spacial score (nSPS) is 29.9. The van der Waals surface area contributed by atoms with E-state index in [0.29, 0.717) is 29.3 Å². The van der Waals surface area contributed by atoms with Gasteiger partial charge in [-0.15, -0.1) is 0 Å². The molecule has 3 heteroatoms. The zero-order valence-corrected chi connectivity index (χ0v) is 11.4. The Labute approximate surface area is 99.9 Å². The lowest BCUT2D eigenvalue weighted by molar-refractivity contribution is 0.328. The summed E-state index contributed by atoms with van der Waals surface area (Å²) in [5.74, 6) is 1.91. The van der Waals surface area contributed by atoms with Crippen LogP contribution in [0.4, 0.5) is 0 Å².